The number of aromatic nitrogens is 1. The van der Waals surface area contributed by atoms with Crippen LogP contribution >= 0.6 is 38.9 Å². The molecule has 2 aromatic heterocycles. The van der Waals surface area contributed by atoms with Gasteiger partial charge < -0.3 is 10.6 Å². The molecule has 4 nitrogen and oxygen atoms in total. The van der Waals surface area contributed by atoms with E-state index in [0.717, 1.165) is 9.35 Å². The number of anilines is 1. The number of thiophene rings is 1. The van der Waals surface area contributed by atoms with Crippen LogP contribution in [-0.4, -0.2) is 17.9 Å². The van der Waals surface area contributed by atoms with Gasteiger partial charge in [0.1, 0.15) is 11.5 Å². The Labute approximate surface area is 128 Å². The Hall–Kier alpha value is -1.11. The molecule has 0 aromatic carbocycles. The molecule has 0 bridgehead atoms. The maximum atomic E-state index is 12.0. The van der Waals surface area contributed by atoms with E-state index in [9.17, 15) is 4.79 Å². The first kappa shape index (κ1) is 14.3. The van der Waals surface area contributed by atoms with Crippen LogP contribution < -0.4 is 10.6 Å². The lowest BCUT2D eigenvalue weighted by molar-refractivity contribution is 0.0946. The Balaban J connectivity index is 2.10. The highest BCUT2D eigenvalue weighted by Crippen LogP contribution is 2.22. The summed E-state index contributed by atoms with van der Waals surface area (Å²) in [4.78, 5) is 17.2. The van der Waals surface area contributed by atoms with E-state index in [2.05, 4.69) is 31.5 Å². The summed E-state index contributed by atoms with van der Waals surface area (Å²) in [6.45, 7) is 0.443. The van der Waals surface area contributed by atoms with Gasteiger partial charge in [-0.1, -0.05) is 11.6 Å². The summed E-state index contributed by atoms with van der Waals surface area (Å²) in [7, 11) is 1.74. The van der Waals surface area contributed by atoms with E-state index in [-0.39, 0.29) is 11.6 Å². The summed E-state index contributed by atoms with van der Waals surface area (Å²) in [6.07, 6.45) is 0. The van der Waals surface area contributed by atoms with Gasteiger partial charge in [-0.05, 0) is 39.5 Å². The third-order valence-corrected chi connectivity index (χ3v) is 4.65. The highest BCUT2D eigenvalue weighted by Gasteiger charge is 2.13. The fraction of sp³-hybridized carbons (Fsp3) is 0.167. The molecule has 0 spiro atoms. The van der Waals surface area contributed by atoms with Crippen molar-refractivity contribution in [2.45, 2.75) is 6.54 Å². The number of carbonyl (C=O) groups excluding carboxylic acids is 1. The van der Waals surface area contributed by atoms with E-state index in [1.54, 1.807) is 30.5 Å². The number of carbonyl (C=O) groups is 1. The van der Waals surface area contributed by atoms with Crippen molar-refractivity contribution in [1.82, 2.24) is 10.3 Å². The third-order valence-electron chi connectivity index (χ3n) is 2.42. The van der Waals surface area contributed by atoms with E-state index < -0.39 is 0 Å². The smallest absolute Gasteiger partial charge is 0.271 e. The molecule has 100 valence electrons. The summed E-state index contributed by atoms with van der Waals surface area (Å²) >= 11 is 11.0. The van der Waals surface area contributed by atoms with Gasteiger partial charge in [-0.2, -0.15) is 0 Å². The standard InChI is InChI=1S/C12H11BrClN3OS/c1-15-10-3-2-8(14)11(17-10)12(18)16-6-9-7(13)4-5-19-9/h2-5H,6H2,1H3,(H,15,17)(H,16,18). The van der Waals surface area contributed by atoms with Crippen molar-refractivity contribution >= 4 is 50.6 Å². The van der Waals surface area contributed by atoms with Gasteiger partial charge in [0.15, 0.2) is 0 Å². The van der Waals surface area contributed by atoms with Gasteiger partial charge in [-0.25, -0.2) is 4.98 Å². The van der Waals surface area contributed by atoms with Crippen LogP contribution in [0.5, 0.6) is 0 Å². The number of nitrogens with zero attached hydrogens (tertiary/aromatic N) is 1. The molecule has 0 atom stereocenters. The molecule has 0 aliphatic heterocycles. The minimum Gasteiger partial charge on any atom is -0.373 e. The second-order valence-electron chi connectivity index (χ2n) is 3.65. The number of nitrogens with one attached hydrogen (secondary N) is 2. The molecule has 2 N–H and O–H groups in total. The van der Waals surface area contributed by atoms with Crippen LogP contribution in [0.1, 0.15) is 15.4 Å². The maximum absolute atomic E-state index is 12.0. The molecular weight excluding hydrogens is 350 g/mol. The highest BCUT2D eigenvalue weighted by atomic mass is 79.9. The predicted molar refractivity (Wildman–Crippen MR) is 82.0 cm³/mol. The topological polar surface area (TPSA) is 54.0 Å². The van der Waals surface area contributed by atoms with Crippen LogP contribution in [0.3, 0.4) is 0 Å². The van der Waals surface area contributed by atoms with Crippen molar-refractivity contribution in [2.75, 3.05) is 12.4 Å². The van der Waals surface area contributed by atoms with E-state index in [4.69, 9.17) is 11.6 Å². The van der Waals surface area contributed by atoms with E-state index in [1.807, 2.05) is 11.4 Å². The minimum absolute atomic E-state index is 0.223. The van der Waals surface area contributed by atoms with Gasteiger partial charge in [0.2, 0.25) is 0 Å². The Morgan fingerprint density at radius 3 is 2.89 bits per heavy atom. The fourth-order valence-electron chi connectivity index (χ4n) is 1.44. The number of hydrogen-bond donors (Lipinski definition) is 2. The van der Waals surface area contributed by atoms with Crippen LogP contribution in [0.4, 0.5) is 5.82 Å². The van der Waals surface area contributed by atoms with Crippen molar-refractivity contribution in [3.05, 3.63) is 43.6 Å². The minimum atomic E-state index is -0.289. The zero-order chi connectivity index (χ0) is 13.8. The van der Waals surface area contributed by atoms with Gasteiger partial charge in [0.25, 0.3) is 5.91 Å². The highest BCUT2D eigenvalue weighted by molar-refractivity contribution is 9.10. The summed E-state index contributed by atoms with van der Waals surface area (Å²) in [5.74, 6) is 0.314. The van der Waals surface area contributed by atoms with Crippen molar-refractivity contribution in [2.24, 2.45) is 0 Å². The van der Waals surface area contributed by atoms with Crippen LogP contribution in [0.15, 0.2) is 28.1 Å². The monoisotopic (exact) mass is 359 g/mol. The number of amides is 1. The predicted octanol–water partition coefficient (Wildman–Crippen LogP) is 3.53. The largest absolute Gasteiger partial charge is 0.373 e. The number of pyridine rings is 1. The van der Waals surface area contributed by atoms with Crippen molar-refractivity contribution in [3.8, 4) is 0 Å². The molecular formula is C12H11BrClN3OS. The molecule has 0 saturated carbocycles. The first-order valence-electron chi connectivity index (χ1n) is 5.46. The maximum Gasteiger partial charge on any atom is 0.271 e. The lowest BCUT2D eigenvalue weighted by Gasteiger charge is -2.07. The zero-order valence-electron chi connectivity index (χ0n) is 10.0. The fourth-order valence-corrected chi connectivity index (χ4v) is 3.06. The summed E-state index contributed by atoms with van der Waals surface area (Å²) < 4.78 is 0.987. The van der Waals surface area contributed by atoms with Crippen LogP contribution in [0.2, 0.25) is 5.02 Å². The zero-order valence-corrected chi connectivity index (χ0v) is 13.2. The van der Waals surface area contributed by atoms with Gasteiger partial charge in [-0.3, -0.25) is 4.79 Å². The summed E-state index contributed by atoms with van der Waals surface area (Å²) in [5, 5.41) is 7.97. The second kappa shape index (κ2) is 6.36. The Morgan fingerprint density at radius 2 is 2.26 bits per heavy atom. The van der Waals surface area contributed by atoms with Crippen LogP contribution in [-0.2, 0) is 6.54 Å². The average Bonchev–Trinajstić information content (AvgIpc) is 2.82. The molecule has 0 fully saturated rings. The molecule has 2 aromatic rings. The number of hydrogen-bond acceptors (Lipinski definition) is 4. The molecule has 2 heterocycles. The van der Waals surface area contributed by atoms with Gasteiger partial charge in [0, 0.05) is 16.4 Å². The molecule has 0 unspecified atom stereocenters. The average molecular weight is 361 g/mol. The Bertz CT molecular complexity index is 602. The summed E-state index contributed by atoms with van der Waals surface area (Å²) in [5.41, 5.74) is 0.223. The lowest BCUT2D eigenvalue weighted by Crippen LogP contribution is -2.24. The first-order valence-corrected chi connectivity index (χ1v) is 7.51. The molecule has 0 saturated heterocycles. The van der Waals surface area contributed by atoms with Gasteiger partial charge >= 0.3 is 0 Å². The summed E-state index contributed by atoms with van der Waals surface area (Å²) in [6, 6.07) is 5.31. The Morgan fingerprint density at radius 1 is 1.47 bits per heavy atom. The number of rotatable bonds is 4. The van der Waals surface area contributed by atoms with Crippen LogP contribution in [0, 0.1) is 0 Å². The molecule has 0 aliphatic rings. The van der Waals surface area contributed by atoms with Crippen molar-refractivity contribution in [3.63, 3.8) is 0 Å². The number of halogens is 2. The van der Waals surface area contributed by atoms with Gasteiger partial charge in [-0.15, -0.1) is 11.3 Å². The van der Waals surface area contributed by atoms with Crippen LogP contribution in [0.25, 0.3) is 0 Å². The quantitative estimate of drug-likeness (QED) is 0.877. The van der Waals surface area contributed by atoms with Crippen molar-refractivity contribution in [1.29, 1.82) is 0 Å². The van der Waals surface area contributed by atoms with E-state index in [1.165, 1.54) is 0 Å². The van der Waals surface area contributed by atoms with Crippen molar-refractivity contribution < 1.29 is 4.79 Å². The van der Waals surface area contributed by atoms with Gasteiger partial charge in [0.05, 0.1) is 11.6 Å². The molecule has 0 aliphatic carbocycles. The van der Waals surface area contributed by atoms with E-state index >= 15 is 0 Å². The second-order valence-corrected chi connectivity index (χ2v) is 5.91. The molecule has 1 amide bonds. The molecule has 0 radical (unpaired) electrons. The normalized spacial score (nSPS) is 10.3. The van der Waals surface area contributed by atoms with E-state index in [0.29, 0.717) is 17.4 Å². The molecule has 7 heteroatoms. The third kappa shape index (κ3) is 3.46. The Kier molecular flexibility index (Phi) is 4.79. The molecule has 2 rings (SSSR count). The lowest BCUT2D eigenvalue weighted by atomic mass is 10.3. The SMILES string of the molecule is CNc1ccc(Cl)c(C(=O)NCc2sccc2Br)n1. The molecule has 19 heavy (non-hydrogen) atoms. The first-order chi connectivity index (χ1) is 9.11.